The van der Waals surface area contributed by atoms with Crippen LogP contribution in [0.25, 0.3) is 11.5 Å². The number of nitrogens with zero attached hydrogens (tertiary/aromatic N) is 2. The zero-order valence-corrected chi connectivity index (χ0v) is 13.9. The summed E-state index contributed by atoms with van der Waals surface area (Å²) in [6.45, 7) is 4.79. The Balaban J connectivity index is 1.62. The molecule has 0 aliphatic carbocycles. The van der Waals surface area contributed by atoms with Crippen LogP contribution in [0, 0.1) is 6.92 Å². The summed E-state index contributed by atoms with van der Waals surface area (Å²) in [4.78, 5) is 6.97. The molecule has 2 aromatic rings. The Labute approximate surface area is 140 Å². The molecule has 24 heavy (non-hydrogen) atoms. The van der Waals surface area contributed by atoms with E-state index in [9.17, 15) is 0 Å². The van der Waals surface area contributed by atoms with E-state index < -0.39 is 0 Å². The Kier molecular flexibility index (Phi) is 3.82. The number of ether oxygens (including phenoxy) is 3. The van der Waals surface area contributed by atoms with E-state index in [1.54, 1.807) is 7.11 Å². The van der Waals surface area contributed by atoms with Crippen molar-refractivity contribution in [2.75, 3.05) is 27.0 Å². The van der Waals surface area contributed by atoms with Gasteiger partial charge in [0.1, 0.15) is 5.76 Å². The van der Waals surface area contributed by atoms with Crippen LogP contribution in [0.1, 0.15) is 17.9 Å². The zero-order chi connectivity index (χ0) is 16.7. The molecule has 0 amide bonds. The molecule has 1 aromatic carbocycles. The van der Waals surface area contributed by atoms with Gasteiger partial charge < -0.3 is 24.4 Å². The van der Waals surface area contributed by atoms with Gasteiger partial charge in [-0.3, -0.25) is 4.90 Å². The number of methoxy groups -OCH3 is 1. The van der Waals surface area contributed by atoms with Crippen LogP contribution >= 0.6 is 0 Å². The number of benzene rings is 1. The second-order valence-electron chi connectivity index (χ2n) is 6.22. The van der Waals surface area contributed by atoms with Crippen molar-refractivity contribution in [2.24, 2.45) is 5.73 Å². The largest absolute Gasteiger partial charge is 0.493 e. The molecule has 7 nitrogen and oxygen atoms in total. The van der Waals surface area contributed by atoms with Gasteiger partial charge in [0.25, 0.3) is 0 Å². The van der Waals surface area contributed by atoms with Gasteiger partial charge in [-0.05, 0) is 25.5 Å². The lowest BCUT2D eigenvalue weighted by molar-refractivity contribution is 0.171. The highest BCUT2D eigenvalue weighted by atomic mass is 16.7. The van der Waals surface area contributed by atoms with Gasteiger partial charge in [0.05, 0.1) is 12.8 Å². The van der Waals surface area contributed by atoms with E-state index in [1.807, 2.05) is 19.1 Å². The third-order valence-corrected chi connectivity index (χ3v) is 4.48. The molecular weight excluding hydrogens is 310 g/mol. The summed E-state index contributed by atoms with van der Waals surface area (Å²) in [5.41, 5.74) is 7.72. The maximum absolute atomic E-state index is 5.97. The van der Waals surface area contributed by atoms with Crippen molar-refractivity contribution in [3.63, 3.8) is 0 Å². The molecule has 0 bridgehead atoms. The van der Waals surface area contributed by atoms with E-state index in [4.69, 9.17) is 24.4 Å². The average molecular weight is 331 g/mol. The van der Waals surface area contributed by atoms with Crippen LogP contribution in [0.15, 0.2) is 16.5 Å². The fraction of sp³-hybridized carbons (Fsp3) is 0.471. The predicted octanol–water partition coefficient (Wildman–Crippen LogP) is 1.92. The number of fused-ring (bicyclic) bond motifs is 1. The van der Waals surface area contributed by atoms with Crippen molar-refractivity contribution in [3.8, 4) is 28.7 Å². The number of oxazole rings is 1. The first kappa shape index (κ1) is 15.3. The molecule has 2 N–H and O–H groups in total. The highest BCUT2D eigenvalue weighted by Gasteiger charge is 2.24. The van der Waals surface area contributed by atoms with Crippen LogP contribution in [0.2, 0.25) is 0 Å². The lowest BCUT2D eigenvalue weighted by Gasteiger charge is -2.12. The van der Waals surface area contributed by atoms with Gasteiger partial charge in [-0.1, -0.05) is 0 Å². The summed E-state index contributed by atoms with van der Waals surface area (Å²) in [6.07, 6.45) is 1.03. The van der Waals surface area contributed by atoms with E-state index in [-0.39, 0.29) is 12.8 Å². The molecule has 2 aliphatic rings. The number of aromatic nitrogens is 1. The zero-order valence-electron chi connectivity index (χ0n) is 13.9. The van der Waals surface area contributed by atoms with Crippen LogP contribution < -0.4 is 19.9 Å². The molecule has 128 valence electrons. The molecule has 0 saturated carbocycles. The van der Waals surface area contributed by atoms with Crippen molar-refractivity contribution >= 4 is 0 Å². The summed E-state index contributed by atoms with van der Waals surface area (Å²) in [5, 5.41) is 0. The molecule has 3 heterocycles. The average Bonchev–Trinajstić information content (AvgIpc) is 3.28. The SMILES string of the molecule is COc1cc(-c2nc(CN3CC[C@H](N)C3)c(C)o2)cc2c1OCO2. The Morgan fingerprint density at radius 2 is 2.25 bits per heavy atom. The van der Waals surface area contributed by atoms with Crippen molar-refractivity contribution in [1.29, 1.82) is 0 Å². The monoisotopic (exact) mass is 331 g/mol. The Morgan fingerprint density at radius 3 is 3.00 bits per heavy atom. The highest BCUT2D eigenvalue weighted by Crippen LogP contribution is 2.44. The van der Waals surface area contributed by atoms with E-state index in [2.05, 4.69) is 9.88 Å². The van der Waals surface area contributed by atoms with E-state index >= 15 is 0 Å². The van der Waals surface area contributed by atoms with Crippen LogP contribution in [0.5, 0.6) is 17.2 Å². The second kappa shape index (κ2) is 5.99. The molecule has 1 atom stereocenters. The van der Waals surface area contributed by atoms with Crippen LogP contribution in [-0.4, -0.2) is 42.9 Å². The van der Waals surface area contributed by atoms with Gasteiger partial charge >= 0.3 is 0 Å². The summed E-state index contributed by atoms with van der Waals surface area (Å²) in [5.74, 6) is 3.26. The normalized spacial score (nSPS) is 19.9. The fourth-order valence-corrected chi connectivity index (χ4v) is 3.17. The van der Waals surface area contributed by atoms with Gasteiger partial charge in [-0.25, -0.2) is 4.98 Å². The fourth-order valence-electron chi connectivity index (χ4n) is 3.17. The van der Waals surface area contributed by atoms with Gasteiger partial charge in [-0.2, -0.15) is 0 Å². The number of nitrogens with two attached hydrogens (primary N) is 1. The van der Waals surface area contributed by atoms with Crippen molar-refractivity contribution in [2.45, 2.75) is 25.9 Å². The maximum Gasteiger partial charge on any atom is 0.231 e. The Hall–Kier alpha value is -2.25. The molecule has 1 aromatic heterocycles. The van der Waals surface area contributed by atoms with E-state index in [0.717, 1.165) is 43.1 Å². The first-order chi connectivity index (χ1) is 11.6. The predicted molar refractivity (Wildman–Crippen MR) is 87.2 cm³/mol. The van der Waals surface area contributed by atoms with Crippen molar-refractivity contribution in [3.05, 3.63) is 23.6 Å². The van der Waals surface area contributed by atoms with Gasteiger partial charge in [0.15, 0.2) is 11.5 Å². The number of hydrogen-bond donors (Lipinski definition) is 1. The molecule has 0 spiro atoms. The number of likely N-dealkylation sites (tertiary alicyclic amines) is 1. The summed E-state index contributed by atoms with van der Waals surface area (Å²) in [7, 11) is 1.60. The first-order valence-corrected chi connectivity index (χ1v) is 8.06. The molecule has 1 fully saturated rings. The number of hydrogen-bond acceptors (Lipinski definition) is 7. The van der Waals surface area contributed by atoms with E-state index in [1.165, 1.54) is 0 Å². The number of aryl methyl sites for hydroxylation is 1. The van der Waals surface area contributed by atoms with Crippen molar-refractivity contribution < 1.29 is 18.6 Å². The molecule has 2 aliphatic heterocycles. The van der Waals surface area contributed by atoms with E-state index in [0.29, 0.717) is 23.1 Å². The Bertz CT molecular complexity index is 759. The third-order valence-electron chi connectivity index (χ3n) is 4.48. The minimum atomic E-state index is 0.195. The van der Waals surface area contributed by atoms with Crippen LogP contribution in [0.3, 0.4) is 0 Å². The third kappa shape index (κ3) is 2.70. The summed E-state index contributed by atoms with van der Waals surface area (Å²) < 4.78 is 22.1. The van der Waals surface area contributed by atoms with Crippen LogP contribution in [0.4, 0.5) is 0 Å². The number of rotatable bonds is 4. The summed E-state index contributed by atoms with van der Waals surface area (Å²) in [6, 6.07) is 3.98. The lowest BCUT2D eigenvalue weighted by Crippen LogP contribution is -2.26. The van der Waals surface area contributed by atoms with Crippen LogP contribution in [-0.2, 0) is 6.54 Å². The highest BCUT2D eigenvalue weighted by molar-refractivity contribution is 5.66. The van der Waals surface area contributed by atoms with Gasteiger partial charge in [0, 0.05) is 31.2 Å². The topological polar surface area (TPSA) is 83.0 Å². The lowest BCUT2D eigenvalue weighted by atomic mass is 10.2. The Morgan fingerprint density at radius 1 is 1.38 bits per heavy atom. The summed E-state index contributed by atoms with van der Waals surface area (Å²) >= 11 is 0. The molecule has 1 saturated heterocycles. The molecule has 7 heteroatoms. The smallest absolute Gasteiger partial charge is 0.231 e. The van der Waals surface area contributed by atoms with Gasteiger partial charge in [-0.15, -0.1) is 0 Å². The van der Waals surface area contributed by atoms with Gasteiger partial charge in [0.2, 0.25) is 18.4 Å². The second-order valence-corrected chi connectivity index (χ2v) is 6.22. The van der Waals surface area contributed by atoms with Crippen molar-refractivity contribution in [1.82, 2.24) is 9.88 Å². The standard InChI is InChI=1S/C17H21N3O4/c1-10-13(8-20-4-3-12(18)7-20)19-17(24-10)11-5-14(21-2)16-15(6-11)22-9-23-16/h5-6,12H,3-4,7-9,18H2,1-2H3/t12-/m0/s1. The minimum absolute atomic E-state index is 0.195. The first-order valence-electron chi connectivity index (χ1n) is 8.06. The molecule has 0 unspecified atom stereocenters. The molecule has 0 radical (unpaired) electrons. The maximum atomic E-state index is 5.97. The molecule has 4 rings (SSSR count). The quantitative estimate of drug-likeness (QED) is 0.916. The minimum Gasteiger partial charge on any atom is -0.493 e. The molecular formula is C17H21N3O4.